The first kappa shape index (κ1) is 16.6. The van der Waals surface area contributed by atoms with Gasteiger partial charge in [-0.15, -0.1) is 0 Å². The number of carbonyl (C=O) groups excluding carboxylic acids is 2. The van der Waals surface area contributed by atoms with Crippen LogP contribution in [0.4, 0.5) is 5.69 Å². The van der Waals surface area contributed by atoms with Crippen LogP contribution in [0.3, 0.4) is 0 Å². The molecule has 1 aliphatic heterocycles. The SMILES string of the molecule is COc1ccc(N2CCN(C(=O)[C@@H]3C[C@H]3c3ccccc3)CC2=O)cc1. The van der Waals surface area contributed by atoms with Crippen LogP contribution < -0.4 is 9.64 Å². The molecule has 0 N–H and O–H groups in total. The van der Waals surface area contributed by atoms with Gasteiger partial charge in [0, 0.05) is 24.7 Å². The van der Waals surface area contributed by atoms with E-state index < -0.39 is 0 Å². The van der Waals surface area contributed by atoms with E-state index in [4.69, 9.17) is 4.74 Å². The normalized spacial score (nSPS) is 22.3. The maximum Gasteiger partial charge on any atom is 0.246 e. The molecule has 2 amide bonds. The summed E-state index contributed by atoms with van der Waals surface area (Å²) < 4.78 is 5.16. The summed E-state index contributed by atoms with van der Waals surface area (Å²) >= 11 is 0. The molecule has 1 saturated heterocycles. The summed E-state index contributed by atoms with van der Waals surface area (Å²) in [7, 11) is 1.62. The molecule has 4 rings (SSSR count). The average Bonchev–Trinajstić information content (AvgIpc) is 3.49. The Morgan fingerprint density at radius 3 is 2.42 bits per heavy atom. The second-order valence-electron chi connectivity index (χ2n) is 6.86. The highest BCUT2D eigenvalue weighted by molar-refractivity contribution is 5.98. The standard InChI is InChI=1S/C21H22N2O3/c1-26-17-9-7-16(8-10-17)23-12-11-22(14-20(23)24)21(25)19-13-18(19)15-5-3-2-4-6-15/h2-10,18-19H,11-14H2,1H3/t18-,19+/m0/s1. The van der Waals surface area contributed by atoms with E-state index in [-0.39, 0.29) is 24.3 Å². The van der Waals surface area contributed by atoms with Crippen LogP contribution in [0.1, 0.15) is 17.9 Å². The maximum atomic E-state index is 12.8. The van der Waals surface area contributed by atoms with E-state index >= 15 is 0 Å². The lowest BCUT2D eigenvalue weighted by atomic mass is 10.1. The van der Waals surface area contributed by atoms with Crippen molar-refractivity contribution in [3.05, 3.63) is 60.2 Å². The van der Waals surface area contributed by atoms with Crippen LogP contribution >= 0.6 is 0 Å². The minimum Gasteiger partial charge on any atom is -0.497 e. The lowest BCUT2D eigenvalue weighted by molar-refractivity contribution is -0.138. The summed E-state index contributed by atoms with van der Waals surface area (Å²) in [6.45, 7) is 1.26. The van der Waals surface area contributed by atoms with Gasteiger partial charge in [-0.1, -0.05) is 30.3 Å². The zero-order valence-electron chi connectivity index (χ0n) is 14.8. The molecule has 5 nitrogen and oxygen atoms in total. The van der Waals surface area contributed by atoms with Gasteiger partial charge in [-0.3, -0.25) is 9.59 Å². The van der Waals surface area contributed by atoms with Gasteiger partial charge in [-0.2, -0.15) is 0 Å². The molecule has 1 aliphatic carbocycles. The number of hydrogen-bond donors (Lipinski definition) is 0. The monoisotopic (exact) mass is 350 g/mol. The highest BCUT2D eigenvalue weighted by Gasteiger charge is 2.46. The molecule has 2 aromatic carbocycles. The molecule has 2 aliphatic rings. The van der Waals surface area contributed by atoms with Gasteiger partial charge < -0.3 is 14.5 Å². The van der Waals surface area contributed by atoms with E-state index in [2.05, 4.69) is 12.1 Å². The van der Waals surface area contributed by atoms with Crippen LogP contribution in [0.5, 0.6) is 5.75 Å². The van der Waals surface area contributed by atoms with Gasteiger partial charge in [0.2, 0.25) is 11.8 Å². The largest absolute Gasteiger partial charge is 0.497 e. The Bertz CT molecular complexity index is 804. The van der Waals surface area contributed by atoms with E-state index in [1.807, 2.05) is 42.5 Å². The molecule has 5 heteroatoms. The number of anilines is 1. The third kappa shape index (κ3) is 3.17. The third-order valence-corrected chi connectivity index (χ3v) is 5.25. The highest BCUT2D eigenvalue weighted by atomic mass is 16.5. The molecule has 26 heavy (non-hydrogen) atoms. The van der Waals surface area contributed by atoms with E-state index in [1.165, 1.54) is 5.56 Å². The fraction of sp³-hybridized carbons (Fsp3) is 0.333. The molecule has 0 bridgehead atoms. The lowest BCUT2D eigenvalue weighted by Crippen LogP contribution is -2.52. The van der Waals surface area contributed by atoms with Crippen molar-refractivity contribution in [1.82, 2.24) is 4.90 Å². The van der Waals surface area contributed by atoms with Gasteiger partial charge in [0.1, 0.15) is 12.3 Å². The Kier molecular flexibility index (Phi) is 4.37. The predicted molar refractivity (Wildman–Crippen MR) is 99.2 cm³/mol. The molecule has 2 aromatic rings. The smallest absolute Gasteiger partial charge is 0.246 e. The number of rotatable bonds is 4. The first-order valence-electron chi connectivity index (χ1n) is 8.95. The molecular weight excluding hydrogens is 328 g/mol. The van der Waals surface area contributed by atoms with E-state index in [1.54, 1.807) is 16.9 Å². The quantitative estimate of drug-likeness (QED) is 0.852. The first-order chi connectivity index (χ1) is 12.7. The molecule has 134 valence electrons. The number of piperazine rings is 1. The van der Waals surface area contributed by atoms with Gasteiger partial charge in [0.15, 0.2) is 0 Å². The van der Waals surface area contributed by atoms with Crippen molar-refractivity contribution in [2.24, 2.45) is 5.92 Å². The van der Waals surface area contributed by atoms with Crippen molar-refractivity contribution < 1.29 is 14.3 Å². The first-order valence-corrected chi connectivity index (χ1v) is 8.95. The Balaban J connectivity index is 1.38. The van der Waals surface area contributed by atoms with Crippen molar-refractivity contribution in [3.8, 4) is 5.75 Å². The highest BCUT2D eigenvalue weighted by Crippen LogP contribution is 2.48. The molecule has 2 fully saturated rings. The van der Waals surface area contributed by atoms with Gasteiger partial charge in [-0.25, -0.2) is 0 Å². The molecule has 2 atom stereocenters. The van der Waals surface area contributed by atoms with Crippen LogP contribution in [-0.2, 0) is 9.59 Å². The van der Waals surface area contributed by atoms with E-state index in [9.17, 15) is 9.59 Å². The van der Waals surface area contributed by atoms with Gasteiger partial charge >= 0.3 is 0 Å². The van der Waals surface area contributed by atoms with Crippen molar-refractivity contribution in [3.63, 3.8) is 0 Å². The minimum atomic E-state index is -0.0355. The van der Waals surface area contributed by atoms with Gasteiger partial charge in [0.25, 0.3) is 0 Å². The summed E-state index contributed by atoms with van der Waals surface area (Å²) in [4.78, 5) is 28.8. The summed E-state index contributed by atoms with van der Waals surface area (Å²) in [5.74, 6) is 1.17. The second kappa shape index (κ2) is 6.83. The Hall–Kier alpha value is -2.82. The number of amides is 2. The lowest BCUT2D eigenvalue weighted by Gasteiger charge is -2.34. The van der Waals surface area contributed by atoms with E-state index in [0.717, 1.165) is 17.9 Å². The molecule has 0 unspecified atom stereocenters. The molecule has 0 radical (unpaired) electrons. The topological polar surface area (TPSA) is 49.9 Å². The third-order valence-electron chi connectivity index (χ3n) is 5.25. The van der Waals surface area contributed by atoms with Crippen LogP contribution in [0, 0.1) is 5.92 Å². The summed E-state index contributed by atoms with van der Waals surface area (Å²) in [5.41, 5.74) is 2.06. The molecular formula is C21H22N2O3. The van der Waals surface area contributed by atoms with Gasteiger partial charge in [0.05, 0.1) is 7.11 Å². The molecule has 1 saturated carbocycles. The minimum absolute atomic E-state index is 0.0257. The second-order valence-corrected chi connectivity index (χ2v) is 6.86. The Morgan fingerprint density at radius 1 is 1.04 bits per heavy atom. The number of benzene rings is 2. The van der Waals surface area contributed by atoms with Crippen LogP contribution in [0.25, 0.3) is 0 Å². The number of nitrogens with zero attached hydrogens (tertiary/aromatic N) is 2. The fourth-order valence-corrected chi connectivity index (χ4v) is 3.67. The Morgan fingerprint density at radius 2 is 1.77 bits per heavy atom. The number of hydrogen-bond acceptors (Lipinski definition) is 3. The summed E-state index contributed by atoms with van der Waals surface area (Å²) in [6, 6.07) is 17.6. The zero-order chi connectivity index (χ0) is 18.1. The molecule has 1 heterocycles. The summed E-state index contributed by atoms with van der Waals surface area (Å²) in [6.07, 6.45) is 0.885. The number of carbonyl (C=O) groups is 2. The van der Waals surface area contributed by atoms with Crippen LogP contribution in [-0.4, -0.2) is 43.5 Å². The van der Waals surface area contributed by atoms with E-state index in [0.29, 0.717) is 19.0 Å². The van der Waals surface area contributed by atoms with Crippen molar-refractivity contribution in [2.75, 3.05) is 31.6 Å². The van der Waals surface area contributed by atoms with Crippen molar-refractivity contribution in [1.29, 1.82) is 0 Å². The fourth-order valence-electron chi connectivity index (χ4n) is 3.67. The van der Waals surface area contributed by atoms with Crippen molar-refractivity contribution >= 4 is 17.5 Å². The predicted octanol–water partition coefficient (Wildman–Crippen LogP) is 2.67. The summed E-state index contributed by atoms with van der Waals surface area (Å²) in [5, 5.41) is 0. The zero-order valence-corrected chi connectivity index (χ0v) is 14.8. The molecule has 0 aromatic heterocycles. The number of methoxy groups -OCH3 is 1. The van der Waals surface area contributed by atoms with Crippen LogP contribution in [0.2, 0.25) is 0 Å². The maximum absolute atomic E-state index is 12.8. The molecule has 0 spiro atoms. The van der Waals surface area contributed by atoms with Crippen molar-refractivity contribution in [2.45, 2.75) is 12.3 Å². The van der Waals surface area contributed by atoms with Gasteiger partial charge in [-0.05, 0) is 42.2 Å². The average molecular weight is 350 g/mol. The van der Waals surface area contributed by atoms with Crippen LogP contribution in [0.15, 0.2) is 54.6 Å². The number of ether oxygens (including phenoxy) is 1. The Labute approximate surface area is 153 Å².